The van der Waals surface area contributed by atoms with Crippen LogP contribution in [0.2, 0.25) is 0 Å². The highest BCUT2D eigenvalue weighted by atomic mass is 16.5. The summed E-state index contributed by atoms with van der Waals surface area (Å²) in [5.74, 6) is 0.410. The van der Waals surface area contributed by atoms with Gasteiger partial charge < -0.3 is 14.1 Å². The third-order valence-corrected chi connectivity index (χ3v) is 2.86. The second-order valence-corrected chi connectivity index (χ2v) is 4.16. The van der Waals surface area contributed by atoms with Crippen molar-refractivity contribution in [3.63, 3.8) is 0 Å². The second kappa shape index (κ2) is 4.65. The molecule has 2 aromatic heterocycles. The van der Waals surface area contributed by atoms with Crippen LogP contribution in [0.1, 0.15) is 17.4 Å². The van der Waals surface area contributed by atoms with Gasteiger partial charge in [-0.3, -0.25) is 0 Å². The van der Waals surface area contributed by atoms with Gasteiger partial charge in [-0.2, -0.15) is 0 Å². The molecule has 0 aliphatic carbocycles. The summed E-state index contributed by atoms with van der Waals surface area (Å²) in [6.45, 7) is 2.13. The molecule has 0 aliphatic rings. The van der Waals surface area contributed by atoms with Gasteiger partial charge in [0.2, 0.25) is 0 Å². The number of rotatable bonds is 3. The van der Waals surface area contributed by atoms with E-state index < -0.39 is 0 Å². The van der Waals surface area contributed by atoms with Gasteiger partial charge in [-0.05, 0) is 6.92 Å². The Kier molecular flexibility index (Phi) is 2.83. The van der Waals surface area contributed by atoms with Crippen LogP contribution >= 0.6 is 0 Å². The van der Waals surface area contributed by atoms with Gasteiger partial charge in [0, 0.05) is 17.7 Å². The number of ether oxygens (including phenoxy) is 1. The molecule has 2 heterocycles. The molecule has 3 rings (SSSR count). The molecule has 0 atom stereocenters. The van der Waals surface area contributed by atoms with E-state index in [1.165, 1.54) is 0 Å². The van der Waals surface area contributed by atoms with E-state index in [4.69, 9.17) is 9.15 Å². The Bertz CT molecular complexity index is 678. The smallest absolute Gasteiger partial charge is 0.354 e. The molecular formula is C15H13NO3. The van der Waals surface area contributed by atoms with Crippen molar-refractivity contribution in [2.75, 3.05) is 6.61 Å². The zero-order valence-corrected chi connectivity index (χ0v) is 10.5. The molecule has 1 aromatic carbocycles. The Hall–Kier alpha value is -2.49. The Labute approximate surface area is 110 Å². The monoisotopic (exact) mass is 255 g/mol. The number of carbonyl (C=O) groups is 1. The zero-order chi connectivity index (χ0) is 13.2. The summed E-state index contributed by atoms with van der Waals surface area (Å²) in [5.41, 5.74) is 2.86. The van der Waals surface area contributed by atoms with Crippen molar-refractivity contribution in [3.8, 4) is 11.3 Å². The Morgan fingerprint density at radius 3 is 2.74 bits per heavy atom. The van der Waals surface area contributed by atoms with Crippen LogP contribution in [0.3, 0.4) is 0 Å². The number of nitrogens with one attached hydrogen (secondary N) is 1. The quantitative estimate of drug-likeness (QED) is 0.727. The molecule has 0 bridgehead atoms. The molecule has 0 radical (unpaired) electrons. The molecule has 0 saturated heterocycles. The number of H-pyrrole nitrogens is 1. The first-order valence-electron chi connectivity index (χ1n) is 6.13. The Morgan fingerprint density at radius 2 is 2.05 bits per heavy atom. The molecule has 0 saturated carbocycles. The average molecular weight is 255 g/mol. The van der Waals surface area contributed by atoms with Gasteiger partial charge in [-0.15, -0.1) is 0 Å². The third kappa shape index (κ3) is 2.12. The number of furan rings is 1. The highest BCUT2D eigenvalue weighted by Gasteiger charge is 2.14. The van der Waals surface area contributed by atoms with E-state index >= 15 is 0 Å². The molecule has 4 nitrogen and oxygen atoms in total. The van der Waals surface area contributed by atoms with E-state index in [0.717, 1.165) is 16.8 Å². The molecule has 96 valence electrons. The van der Waals surface area contributed by atoms with Crippen molar-refractivity contribution >= 4 is 17.1 Å². The normalized spacial score (nSPS) is 10.8. The summed E-state index contributed by atoms with van der Waals surface area (Å²) in [5, 5.41) is 0. The lowest BCUT2D eigenvalue weighted by Gasteiger charge is -1.97. The van der Waals surface area contributed by atoms with Crippen LogP contribution in [0.25, 0.3) is 22.4 Å². The lowest BCUT2D eigenvalue weighted by molar-refractivity contribution is 0.0520. The maximum atomic E-state index is 11.6. The number of hydrogen-bond donors (Lipinski definition) is 1. The summed E-state index contributed by atoms with van der Waals surface area (Å²) in [6.07, 6.45) is 0. The molecular weight excluding hydrogens is 242 g/mol. The standard InChI is InChI=1S/C15H13NO3/c1-2-18-15(17)12-9-14-11(16-12)8-13(19-14)10-6-4-3-5-7-10/h3-9,16H,2H2,1H3. The Balaban J connectivity index is 1.96. The lowest BCUT2D eigenvalue weighted by Crippen LogP contribution is -2.04. The molecule has 3 aromatic rings. The highest BCUT2D eigenvalue weighted by Crippen LogP contribution is 2.28. The number of fused-ring (bicyclic) bond motifs is 1. The van der Waals surface area contributed by atoms with Crippen LogP contribution in [0.5, 0.6) is 0 Å². The van der Waals surface area contributed by atoms with Crippen molar-refractivity contribution in [2.24, 2.45) is 0 Å². The predicted molar refractivity (Wildman–Crippen MR) is 72.0 cm³/mol. The van der Waals surface area contributed by atoms with Crippen molar-refractivity contribution in [2.45, 2.75) is 6.92 Å². The molecule has 0 fully saturated rings. The van der Waals surface area contributed by atoms with E-state index in [1.54, 1.807) is 13.0 Å². The Morgan fingerprint density at radius 1 is 1.26 bits per heavy atom. The first kappa shape index (κ1) is 11.6. The molecule has 0 unspecified atom stereocenters. The van der Waals surface area contributed by atoms with E-state index in [-0.39, 0.29) is 5.97 Å². The van der Waals surface area contributed by atoms with Crippen molar-refractivity contribution in [1.82, 2.24) is 4.98 Å². The molecule has 19 heavy (non-hydrogen) atoms. The fourth-order valence-electron chi connectivity index (χ4n) is 1.99. The first-order valence-corrected chi connectivity index (χ1v) is 6.13. The van der Waals surface area contributed by atoms with Crippen LogP contribution in [-0.2, 0) is 4.74 Å². The summed E-state index contributed by atoms with van der Waals surface area (Å²) in [7, 11) is 0. The number of aromatic amines is 1. The van der Waals surface area contributed by atoms with Gasteiger partial charge in [-0.25, -0.2) is 4.79 Å². The predicted octanol–water partition coefficient (Wildman–Crippen LogP) is 3.60. The number of hydrogen-bond acceptors (Lipinski definition) is 3. The number of carbonyl (C=O) groups excluding carboxylic acids is 1. The number of benzene rings is 1. The van der Waals surface area contributed by atoms with Gasteiger partial charge in [0.15, 0.2) is 5.58 Å². The van der Waals surface area contributed by atoms with Crippen molar-refractivity contribution in [1.29, 1.82) is 0 Å². The van der Waals surface area contributed by atoms with Crippen molar-refractivity contribution < 1.29 is 13.9 Å². The lowest BCUT2D eigenvalue weighted by atomic mass is 10.2. The molecule has 0 spiro atoms. The molecule has 4 heteroatoms. The maximum absolute atomic E-state index is 11.6. The van der Waals surface area contributed by atoms with Crippen molar-refractivity contribution in [3.05, 3.63) is 48.2 Å². The zero-order valence-electron chi connectivity index (χ0n) is 10.5. The fraction of sp³-hybridized carbons (Fsp3) is 0.133. The van der Waals surface area contributed by atoms with E-state index in [0.29, 0.717) is 17.9 Å². The van der Waals surface area contributed by atoms with Crippen LogP contribution in [0, 0.1) is 0 Å². The van der Waals surface area contributed by atoms with Crippen LogP contribution in [0.4, 0.5) is 0 Å². The van der Waals surface area contributed by atoms with Crippen LogP contribution < -0.4 is 0 Å². The summed E-state index contributed by atoms with van der Waals surface area (Å²) in [6, 6.07) is 13.4. The van der Waals surface area contributed by atoms with E-state index in [1.807, 2.05) is 36.4 Å². The maximum Gasteiger partial charge on any atom is 0.354 e. The first-order chi connectivity index (χ1) is 9.28. The highest BCUT2D eigenvalue weighted by molar-refractivity contribution is 5.94. The fourth-order valence-corrected chi connectivity index (χ4v) is 1.99. The van der Waals surface area contributed by atoms with Gasteiger partial charge in [0.05, 0.1) is 12.1 Å². The minimum absolute atomic E-state index is 0.356. The van der Waals surface area contributed by atoms with Gasteiger partial charge >= 0.3 is 5.97 Å². The number of esters is 1. The number of aromatic nitrogens is 1. The average Bonchev–Trinajstić information content (AvgIpc) is 2.98. The van der Waals surface area contributed by atoms with Gasteiger partial charge in [-0.1, -0.05) is 30.3 Å². The summed E-state index contributed by atoms with van der Waals surface area (Å²) in [4.78, 5) is 14.6. The molecule has 0 aliphatic heterocycles. The largest absolute Gasteiger partial charge is 0.461 e. The SMILES string of the molecule is CCOC(=O)c1cc2oc(-c3ccccc3)cc2[nH]1. The van der Waals surface area contributed by atoms with Gasteiger partial charge in [0.25, 0.3) is 0 Å². The van der Waals surface area contributed by atoms with Crippen LogP contribution in [0.15, 0.2) is 46.9 Å². The van der Waals surface area contributed by atoms with E-state index in [2.05, 4.69) is 4.98 Å². The third-order valence-electron chi connectivity index (χ3n) is 2.86. The topological polar surface area (TPSA) is 55.2 Å². The minimum atomic E-state index is -0.366. The van der Waals surface area contributed by atoms with E-state index in [9.17, 15) is 4.79 Å². The summed E-state index contributed by atoms with van der Waals surface area (Å²) >= 11 is 0. The molecule has 0 amide bonds. The second-order valence-electron chi connectivity index (χ2n) is 4.16. The van der Waals surface area contributed by atoms with Gasteiger partial charge in [0.1, 0.15) is 11.5 Å². The minimum Gasteiger partial charge on any atom is -0.461 e. The summed E-state index contributed by atoms with van der Waals surface area (Å²) < 4.78 is 10.7. The molecule has 1 N–H and O–H groups in total. The van der Waals surface area contributed by atoms with Crippen LogP contribution in [-0.4, -0.2) is 17.6 Å².